The SMILES string of the molecule is CCc1ccc2c(c1)S(=O)(=O)NC(=O)N2. The van der Waals surface area contributed by atoms with Crippen LogP contribution in [0.15, 0.2) is 23.1 Å². The Morgan fingerprint density at radius 3 is 2.73 bits per heavy atom. The van der Waals surface area contributed by atoms with Gasteiger partial charge in [0.15, 0.2) is 0 Å². The lowest BCUT2D eigenvalue weighted by atomic mass is 10.1. The Kier molecular flexibility index (Phi) is 2.15. The summed E-state index contributed by atoms with van der Waals surface area (Å²) in [6.07, 6.45) is 0.747. The highest BCUT2D eigenvalue weighted by Gasteiger charge is 2.27. The van der Waals surface area contributed by atoms with Crippen molar-refractivity contribution in [3.05, 3.63) is 23.8 Å². The van der Waals surface area contributed by atoms with Gasteiger partial charge in [0.1, 0.15) is 4.90 Å². The highest BCUT2D eigenvalue weighted by Crippen LogP contribution is 2.25. The molecular weight excluding hydrogens is 216 g/mol. The lowest BCUT2D eigenvalue weighted by Gasteiger charge is -2.18. The Bertz CT molecular complexity index is 522. The molecule has 1 aromatic rings. The predicted octanol–water partition coefficient (Wildman–Crippen LogP) is 1.07. The van der Waals surface area contributed by atoms with Crippen molar-refractivity contribution in [2.75, 3.05) is 5.32 Å². The van der Waals surface area contributed by atoms with Gasteiger partial charge in [-0.15, -0.1) is 0 Å². The minimum absolute atomic E-state index is 0.126. The van der Waals surface area contributed by atoms with Crippen LogP contribution in [0.25, 0.3) is 0 Å². The van der Waals surface area contributed by atoms with Gasteiger partial charge >= 0.3 is 6.03 Å². The number of carbonyl (C=O) groups excluding carboxylic acids is 1. The second-order valence-electron chi connectivity index (χ2n) is 3.24. The second kappa shape index (κ2) is 3.23. The molecule has 0 unspecified atom stereocenters. The maximum absolute atomic E-state index is 11.6. The number of benzene rings is 1. The Morgan fingerprint density at radius 1 is 1.33 bits per heavy atom. The molecular formula is C9H10N2O3S. The molecule has 0 atom stereocenters. The average molecular weight is 226 g/mol. The Morgan fingerprint density at radius 2 is 2.07 bits per heavy atom. The molecule has 0 radical (unpaired) electrons. The minimum atomic E-state index is -3.69. The molecule has 2 rings (SSSR count). The first-order chi connectivity index (χ1) is 7.03. The highest BCUT2D eigenvalue weighted by atomic mass is 32.2. The van der Waals surface area contributed by atoms with E-state index >= 15 is 0 Å². The molecule has 1 aromatic carbocycles. The predicted molar refractivity (Wildman–Crippen MR) is 55.2 cm³/mol. The van der Waals surface area contributed by atoms with Crippen LogP contribution in [0, 0.1) is 0 Å². The second-order valence-corrected chi connectivity index (χ2v) is 4.89. The summed E-state index contributed by atoms with van der Waals surface area (Å²) >= 11 is 0. The number of urea groups is 1. The molecule has 0 bridgehead atoms. The van der Waals surface area contributed by atoms with Crippen LogP contribution >= 0.6 is 0 Å². The lowest BCUT2D eigenvalue weighted by molar-refractivity contribution is 0.256. The number of fused-ring (bicyclic) bond motifs is 1. The molecule has 15 heavy (non-hydrogen) atoms. The normalized spacial score (nSPS) is 17.5. The van der Waals surface area contributed by atoms with Gasteiger partial charge in [-0.25, -0.2) is 17.9 Å². The fourth-order valence-electron chi connectivity index (χ4n) is 1.44. The number of nitrogens with one attached hydrogen (secondary N) is 2. The van der Waals surface area contributed by atoms with Gasteiger partial charge in [0, 0.05) is 0 Å². The molecule has 0 saturated heterocycles. The Balaban J connectivity index is 2.64. The zero-order valence-corrected chi connectivity index (χ0v) is 8.89. The van der Waals surface area contributed by atoms with Crippen molar-refractivity contribution in [3.8, 4) is 0 Å². The third-order valence-corrected chi connectivity index (χ3v) is 3.59. The first-order valence-electron chi connectivity index (χ1n) is 4.49. The van der Waals surface area contributed by atoms with Crippen molar-refractivity contribution >= 4 is 21.7 Å². The molecule has 0 aliphatic carbocycles. The van der Waals surface area contributed by atoms with Crippen LogP contribution in [0.3, 0.4) is 0 Å². The largest absolute Gasteiger partial charge is 0.333 e. The van der Waals surface area contributed by atoms with Crippen LogP contribution in [0.1, 0.15) is 12.5 Å². The van der Waals surface area contributed by atoms with E-state index in [1.54, 1.807) is 18.2 Å². The third kappa shape index (κ3) is 1.68. The van der Waals surface area contributed by atoms with E-state index in [1.807, 2.05) is 11.6 Å². The van der Waals surface area contributed by atoms with Gasteiger partial charge in [0.05, 0.1) is 5.69 Å². The fraction of sp³-hybridized carbons (Fsp3) is 0.222. The number of carbonyl (C=O) groups is 1. The first kappa shape index (κ1) is 9.97. The van der Waals surface area contributed by atoms with Crippen molar-refractivity contribution in [2.45, 2.75) is 18.2 Å². The summed E-state index contributed by atoms with van der Waals surface area (Å²) in [6, 6.07) is 4.24. The number of anilines is 1. The molecule has 2 N–H and O–H groups in total. The summed E-state index contributed by atoms with van der Waals surface area (Å²) in [5.41, 5.74) is 1.24. The first-order valence-corrected chi connectivity index (χ1v) is 5.98. The zero-order valence-electron chi connectivity index (χ0n) is 8.07. The molecule has 0 spiro atoms. The highest BCUT2D eigenvalue weighted by molar-refractivity contribution is 7.90. The average Bonchev–Trinajstić information content (AvgIpc) is 2.16. The molecule has 5 nitrogen and oxygen atoms in total. The molecule has 1 heterocycles. The van der Waals surface area contributed by atoms with Gasteiger partial charge in [0.2, 0.25) is 0 Å². The van der Waals surface area contributed by atoms with Crippen LogP contribution < -0.4 is 10.0 Å². The molecule has 0 saturated carbocycles. The van der Waals surface area contributed by atoms with Crippen LogP contribution in [-0.2, 0) is 16.4 Å². The number of aryl methyl sites for hydroxylation is 1. The van der Waals surface area contributed by atoms with Crippen molar-refractivity contribution in [1.82, 2.24) is 4.72 Å². The smallest absolute Gasteiger partial charge is 0.306 e. The number of rotatable bonds is 1. The van der Waals surface area contributed by atoms with Crippen molar-refractivity contribution < 1.29 is 13.2 Å². The van der Waals surface area contributed by atoms with Crippen LogP contribution in [-0.4, -0.2) is 14.4 Å². The van der Waals surface area contributed by atoms with E-state index in [4.69, 9.17) is 0 Å². The minimum Gasteiger partial charge on any atom is -0.306 e. The summed E-state index contributed by atoms with van der Waals surface area (Å²) < 4.78 is 25.0. The maximum atomic E-state index is 11.6. The van der Waals surface area contributed by atoms with Crippen molar-refractivity contribution in [1.29, 1.82) is 0 Å². The fourth-order valence-corrected chi connectivity index (χ4v) is 2.56. The summed E-state index contributed by atoms with van der Waals surface area (Å²) in [7, 11) is -3.69. The van der Waals surface area contributed by atoms with E-state index in [0.717, 1.165) is 12.0 Å². The van der Waals surface area contributed by atoms with Crippen molar-refractivity contribution in [3.63, 3.8) is 0 Å². The van der Waals surface area contributed by atoms with E-state index < -0.39 is 16.1 Å². The topological polar surface area (TPSA) is 75.3 Å². The Hall–Kier alpha value is -1.56. The zero-order chi connectivity index (χ0) is 11.1. The Labute approximate surface area is 87.5 Å². The van der Waals surface area contributed by atoms with E-state index in [9.17, 15) is 13.2 Å². The molecule has 2 amide bonds. The maximum Gasteiger partial charge on any atom is 0.333 e. The lowest BCUT2D eigenvalue weighted by Crippen LogP contribution is -2.39. The summed E-state index contributed by atoms with van der Waals surface area (Å²) in [5, 5.41) is 2.44. The number of hydrogen-bond donors (Lipinski definition) is 2. The van der Waals surface area contributed by atoms with E-state index in [0.29, 0.717) is 5.69 Å². The molecule has 0 aromatic heterocycles. The number of sulfonamides is 1. The van der Waals surface area contributed by atoms with E-state index in [-0.39, 0.29) is 4.90 Å². The molecule has 0 fully saturated rings. The quantitative estimate of drug-likeness (QED) is 0.752. The summed E-state index contributed by atoms with van der Waals surface area (Å²) in [5.74, 6) is 0. The summed E-state index contributed by atoms with van der Waals surface area (Å²) in [4.78, 5) is 11.1. The molecule has 80 valence electrons. The molecule has 1 aliphatic heterocycles. The van der Waals surface area contributed by atoms with Gasteiger partial charge in [-0.3, -0.25) is 0 Å². The monoisotopic (exact) mass is 226 g/mol. The van der Waals surface area contributed by atoms with Gasteiger partial charge in [-0.1, -0.05) is 13.0 Å². The van der Waals surface area contributed by atoms with Crippen LogP contribution in [0.2, 0.25) is 0 Å². The standard InChI is InChI=1S/C9H10N2O3S/c1-2-6-3-4-7-8(5-6)15(13,14)11-9(12)10-7/h3-5H,2H2,1H3,(H2,10,11,12). The van der Waals surface area contributed by atoms with Gasteiger partial charge in [0.25, 0.3) is 10.0 Å². The van der Waals surface area contributed by atoms with E-state index in [1.165, 1.54) is 0 Å². The number of amides is 2. The molecule has 6 heteroatoms. The van der Waals surface area contributed by atoms with Gasteiger partial charge in [-0.05, 0) is 24.1 Å². The number of hydrogen-bond acceptors (Lipinski definition) is 3. The third-order valence-electron chi connectivity index (χ3n) is 2.22. The summed E-state index contributed by atoms with van der Waals surface area (Å²) in [6.45, 7) is 1.93. The van der Waals surface area contributed by atoms with Crippen LogP contribution in [0.5, 0.6) is 0 Å². The van der Waals surface area contributed by atoms with E-state index in [2.05, 4.69) is 5.32 Å². The van der Waals surface area contributed by atoms with Gasteiger partial charge < -0.3 is 5.32 Å². The van der Waals surface area contributed by atoms with Crippen molar-refractivity contribution in [2.24, 2.45) is 0 Å². The van der Waals surface area contributed by atoms with Gasteiger partial charge in [-0.2, -0.15) is 0 Å². The molecule has 1 aliphatic rings. The van der Waals surface area contributed by atoms with Crippen LogP contribution in [0.4, 0.5) is 10.5 Å².